The minimum Gasteiger partial charge on any atom is -0.383 e. The Kier molecular flexibility index (Phi) is 4.70. The van der Waals surface area contributed by atoms with Gasteiger partial charge in [-0.2, -0.15) is 0 Å². The van der Waals surface area contributed by atoms with Crippen LogP contribution in [0.4, 0.5) is 0 Å². The maximum absolute atomic E-state index is 12.0. The van der Waals surface area contributed by atoms with Crippen LogP contribution in [-0.2, 0) is 14.3 Å². The van der Waals surface area contributed by atoms with Gasteiger partial charge in [0, 0.05) is 20.6 Å². The molecule has 1 heterocycles. The lowest BCUT2D eigenvalue weighted by molar-refractivity contribution is -0.126. The summed E-state index contributed by atoms with van der Waals surface area (Å²) in [7, 11) is 3.26. The number of amides is 1. The van der Waals surface area contributed by atoms with Crippen LogP contribution in [0.25, 0.3) is 0 Å². The van der Waals surface area contributed by atoms with Gasteiger partial charge in [0.2, 0.25) is 0 Å². The smallest absolute Gasteiger partial charge is 0.252 e. The van der Waals surface area contributed by atoms with E-state index in [0.29, 0.717) is 25.5 Å². The molecule has 1 aliphatic rings. The molecule has 6 nitrogen and oxygen atoms in total. The number of hydrogen-bond acceptors (Lipinski definition) is 4. The normalized spacial score (nSPS) is 26.3. The Hall–Kier alpha value is -1.14. The average molecular weight is 257 g/mol. The van der Waals surface area contributed by atoms with Crippen molar-refractivity contribution < 1.29 is 14.3 Å². The number of hydrogen-bond donors (Lipinski definition) is 2. The highest BCUT2D eigenvalue weighted by Crippen LogP contribution is 2.25. The number of guanidine groups is 1. The molecule has 0 radical (unpaired) electrons. The van der Waals surface area contributed by atoms with Gasteiger partial charge in [0.1, 0.15) is 5.54 Å². The highest BCUT2D eigenvalue weighted by molar-refractivity contribution is 6.08. The number of ether oxygens (including phenoxy) is 2. The van der Waals surface area contributed by atoms with E-state index in [-0.39, 0.29) is 11.5 Å². The Balaban J connectivity index is 2.68. The molecule has 0 bridgehead atoms. The van der Waals surface area contributed by atoms with Crippen molar-refractivity contribution in [2.75, 3.05) is 27.4 Å². The van der Waals surface area contributed by atoms with E-state index in [0.717, 1.165) is 0 Å². The zero-order valence-electron chi connectivity index (χ0n) is 11.8. The molecular formula is C12H23N3O3. The summed E-state index contributed by atoms with van der Waals surface area (Å²) in [4.78, 5) is 16.2. The van der Waals surface area contributed by atoms with Crippen LogP contribution in [-0.4, -0.2) is 50.4 Å². The summed E-state index contributed by atoms with van der Waals surface area (Å²) in [5.41, 5.74) is -1.06. The maximum atomic E-state index is 12.0. The van der Waals surface area contributed by atoms with E-state index in [9.17, 15) is 4.79 Å². The van der Waals surface area contributed by atoms with Gasteiger partial charge in [0.05, 0.1) is 18.8 Å². The van der Waals surface area contributed by atoms with Crippen molar-refractivity contribution in [3.63, 3.8) is 0 Å². The Labute approximate surface area is 108 Å². The van der Waals surface area contributed by atoms with Crippen molar-refractivity contribution in [2.24, 2.45) is 4.99 Å². The predicted octanol–water partition coefficient (Wildman–Crippen LogP) is 0.282. The van der Waals surface area contributed by atoms with Crippen LogP contribution in [0, 0.1) is 0 Å². The van der Waals surface area contributed by atoms with Crippen molar-refractivity contribution in [1.29, 1.82) is 0 Å². The van der Waals surface area contributed by atoms with Crippen LogP contribution >= 0.6 is 0 Å². The van der Waals surface area contributed by atoms with Gasteiger partial charge in [-0.05, 0) is 20.8 Å². The monoisotopic (exact) mass is 257 g/mol. The van der Waals surface area contributed by atoms with Crippen molar-refractivity contribution in [1.82, 2.24) is 10.6 Å². The van der Waals surface area contributed by atoms with Gasteiger partial charge in [-0.25, -0.2) is 0 Å². The first-order chi connectivity index (χ1) is 8.33. The number of rotatable bonds is 6. The molecule has 1 fully saturated rings. The van der Waals surface area contributed by atoms with E-state index < -0.39 is 5.54 Å². The molecule has 2 N–H and O–H groups in total. The molecule has 1 unspecified atom stereocenters. The molecule has 1 aliphatic heterocycles. The second-order valence-electron chi connectivity index (χ2n) is 5.27. The number of nitrogens with zero attached hydrogens (tertiary/aromatic N) is 1. The minimum atomic E-state index is -0.689. The third kappa shape index (κ3) is 3.68. The SMILES string of the molecule is COCCN=C1NC(=O)C(C)(CC(C)(C)OC)N1. The molecule has 6 heteroatoms. The number of methoxy groups -OCH3 is 2. The topological polar surface area (TPSA) is 72.0 Å². The van der Waals surface area contributed by atoms with Crippen LogP contribution in [0.5, 0.6) is 0 Å². The largest absolute Gasteiger partial charge is 0.383 e. The van der Waals surface area contributed by atoms with Crippen LogP contribution in [0.3, 0.4) is 0 Å². The van der Waals surface area contributed by atoms with Gasteiger partial charge in [-0.1, -0.05) is 0 Å². The fraction of sp³-hybridized carbons (Fsp3) is 0.833. The molecule has 1 rings (SSSR count). The highest BCUT2D eigenvalue weighted by Gasteiger charge is 2.44. The van der Waals surface area contributed by atoms with Crippen molar-refractivity contribution in [2.45, 2.75) is 38.3 Å². The van der Waals surface area contributed by atoms with Crippen molar-refractivity contribution >= 4 is 11.9 Å². The molecule has 0 spiro atoms. The molecule has 0 aliphatic carbocycles. The first-order valence-electron chi connectivity index (χ1n) is 6.01. The van der Waals surface area contributed by atoms with Gasteiger partial charge in [0.15, 0.2) is 5.96 Å². The Morgan fingerprint density at radius 2 is 2.06 bits per heavy atom. The van der Waals surface area contributed by atoms with Crippen molar-refractivity contribution in [3.05, 3.63) is 0 Å². The summed E-state index contributed by atoms with van der Waals surface area (Å²) in [5, 5.41) is 5.86. The van der Waals surface area contributed by atoms with Crippen LogP contribution in [0.15, 0.2) is 4.99 Å². The third-order valence-corrected chi connectivity index (χ3v) is 3.02. The maximum Gasteiger partial charge on any atom is 0.252 e. The molecule has 0 aromatic carbocycles. The fourth-order valence-electron chi connectivity index (χ4n) is 1.97. The summed E-state index contributed by atoms with van der Waals surface area (Å²) >= 11 is 0. The van der Waals surface area contributed by atoms with Crippen LogP contribution in [0.2, 0.25) is 0 Å². The molecule has 1 amide bonds. The molecule has 1 atom stereocenters. The predicted molar refractivity (Wildman–Crippen MR) is 69.6 cm³/mol. The average Bonchev–Trinajstić information content (AvgIpc) is 2.54. The molecule has 0 saturated carbocycles. The lowest BCUT2D eigenvalue weighted by Crippen LogP contribution is -2.49. The molecule has 0 aromatic heterocycles. The standard InChI is InChI=1S/C12H23N3O3/c1-11(2,18-5)8-12(3)9(16)14-10(15-12)13-6-7-17-4/h6-8H2,1-5H3,(H2,13,14,15,16). The second-order valence-corrected chi connectivity index (χ2v) is 5.27. The number of carbonyl (C=O) groups excluding carboxylic acids is 1. The Bertz CT molecular complexity index is 341. The summed E-state index contributed by atoms with van der Waals surface area (Å²) < 4.78 is 10.3. The summed E-state index contributed by atoms with van der Waals surface area (Å²) in [5.74, 6) is 0.426. The van der Waals surface area contributed by atoms with Gasteiger partial charge in [-0.3, -0.25) is 15.1 Å². The second kappa shape index (κ2) is 5.67. The van der Waals surface area contributed by atoms with Gasteiger partial charge < -0.3 is 14.8 Å². The highest BCUT2D eigenvalue weighted by atomic mass is 16.5. The first kappa shape index (κ1) is 14.9. The number of carbonyl (C=O) groups is 1. The lowest BCUT2D eigenvalue weighted by Gasteiger charge is -2.31. The Morgan fingerprint density at radius 1 is 1.39 bits per heavy atom. The van der Waals surface area contributed by atoms with E-state index in [1.807, 2.05) is 20.8 Å². The fourth-order valence-corrected chi connectivity index (χ4v) is 1.97. The molecule has 18 heavy (non-hydrogen) atoms. The van der Waals surface area contributed by atoms with Gasteiger partial charge in [-0.15, -0.1) is 0 Å². The zero-order chi connectivity index (χ0) is 13.8. The van der Waals surface area contributed by atoms with Gasteiger partial charge in [0.25, 0.3) is 5.91 Å². The molecule has 0 aromatic rings. The molecule has 104 valence electrons. The van der Waals surface area contributed by atoms with E-state index in [2.05, 4.69) is 15.6 Å². The van der Waals surface area contributed by atoms with Gasteiger partial charge >= 0.3 is 0 Å². The number of aliphatic imine (C=N–C) groups is 1. The van der Waals surface area contributed by atoms with Crippen LogP contribution < -0.4 is 10.6 Å². The summed E-state index contributed by atoms with van der Waals surface area (Å²) in [6.45, 7) is 6.80. The van der Waals surface area contributed by atoms with Crippen molar-refractivity contribution in [3.8, 4) is 0 Å². The zero-order valence-corrected chi connectivity index (χ0v) is 11.8. The van der Waals surface area contributed by atoms with E-state index in [1.54, 1.807) is 14.2 Å². The lowest BCUT2D eigenvalue weighted by atomic mass is 9.88. The van der Waals surface area contributed by atoms with Crippen LogP contribution in [0.1, 0.15) is 27.2 Å². The number of nitrogens with one attached hydrogen (secondary N) is 2. The minimum absolute atomic E-state index is 0.0798. The third-order valence-electron chi connectivity index (χ3n) is 3.02. The Morgan fingerprint density at radius 3 is 2.61 bits per heavy atom. The van der Waals surface area contributed by atoms with E-state index in [1.165, 1.54) is 0 Å². The van der Waals surface area contributed by atoms with E-state index in [4.69, 9.17) is 9.47 Å². The molecular weight excluding hydrogens is 234 g/mol. The first-order valence-corrected chi connectivity index (χ1v) is 6.01. The summed E-state index contributed by atoms with van der Waals surface area (Å²) in [6, 6.07) is 0. The molecule has 1 saturated heterocycles. The quantitative estimate of drug-likeness (QED) is 0.671. The van der Waals surface area contributed by atoms with E-state index >= 15 is 0 Å². The summed E-state index contributed by atoms with van der Waals surface area (Å²) in [6.07, 6.45) is 0.561.